The van der Waals surface area contributed by atoms with Crippen LogP contribution in [0.3, 0.4) is 0 Å². The smallest absolute Gasteiger partial charge is 0.265 e. The molecule has 2 saturated carbocycles. The summed E-state index contributed by atoms with van der Waals surface area (Å²) >= 11 is 0. The maximum Gasteiger partial charge on any atom is 0.265 e. The van der Waals surface area contributed by atoms with Gasteiger partial charge < -0.3 is 10.1 Å². The molecule has 0 bridgehead atoms. The van der Waals surface area contributed by atoms with Gasteiger partial charge in [0.05, 0.1) is 13.4 Å². The summed E-state index contributed by atoms with van der Waals surface area (Å²) in [6.07, 6.45) is 2.45. The average Bonchev–Trinajstić information content (AvgIpc) is 3.40. The molecular weight excluding hydrogens is 614 g/mol. The number of rotatable bonds is 9. The van der Waals surface area contributed by atoms with Crippen LogP contribution >= 0.6 is 0 Å². The van der Waals surface area contributed by atoms with Crippen molar-refractivity contribution in [2.75, 3.05) is 18.7 Å². The van der Waals surface area contributed by atoms with Gasteiger partial charge in [0, 0.05) is 54.1 Å². The molecule has 0 saturated heterocycles. The van der Waals surface area contributed by atoms with Gasteiger partial charge in [0.15, 0.2) is 11.5 Å². The van der Waals surface area contributed by atoms with Crippen LogP contribution in [0.4, 0.5) is 14.7 Å². The maximum absolute atomic E-state index is 13.8. The van der Waals surface area contributed by atoms with Gasteiger partial charge in [-0.1, -0.05) is 30.3 Å². The molecule has 3 aromatic heterocycles. The van der Waals surface area contributed by atoms with Gasteiger partial charge in [-0.2, -0.15) is 12.9 Å². The van der Waals surface area contributed by atoms with Crippen molar-refractivity contribution in [1.29, 1.82) is 0 Å². The van der Waals surface area contributed by atoms with E-state index in [2.05, 4.69) is 42.3 Å². The van der Waals surface area contributed by atoms with Crippen LogP contribution in [0.25, 0.3) is 16.6 Å². The highest BCUT2D eigenvalue weighted by Gasteiger charge is 2.60. The minimum Gasteiger partial charge on any atom is -0.494 e. The molecule has 5 aromatic rings. The van der Waals surface area contributed by atoms with Crippen LogP contribution in [0.2, 0.25) is 0 Å². The zero-order valence-corrected chi connectivity index (χ0v) is 26.7. The van der Waals surface area contributed by atoms with Crippen molar-refractivity contribution >= 4 is 32.6 Å². The standard InChI is InChI=1S/C33H34F2N6O4S/c1-19-8-9-21(12-20(19)2)15-37-31-38-28-25(6-5-7-27(28)44-3)30-39-29(40-41(30)31)23-13-22(14-23)26-11-10-24(16-36-26)32(45-46(4,42)43)17-33(34,35)18-32/h5-12,16,22-23H,13-15,17-18H2,1-4H3,(H,37,38). The molecule has 0 aliphatic heterocycles. The van der Waals surface area contributed by atoms with Crippen LogP contribution in [-0.4, -0.2) is 52.3 Å². The summed E-state index contributed by atoms with van der Waals surface area (Å²) in [5, 5.41) is 9.18. The zero-order valence-electron chi connectivity index (χ0n) is 25.9. The third kappa shape index (κ3) is 5.55. The number of nitrogens with one attached hydrogen (secondary N) is 1. The van der Waals surface area contributed by atoms with Crippen LogP contribution in [0, 0.1) is 13.8 Å². The molecule has 46 heavy (non-hydrogen) atoms. The fourth-order valence-electron chi connectivity index (χ4n) is 6.54. The molecule has 3 heterocycles. The van der Waals surface area contributed by atoms with Gasteiger partial charge >= 0.3 is 0 Å². The molecule has 240 valence electrons. The van der Waals surface area contributed by atoms with Crippen molar-refractivity contribution in [3.63, 3.8) is 0 Å². The first-order valence-corrected chi connectivity index (χ1v) is 16.9. The number of aromatic nitrogens is 5. The maximum atomic E-state index is 13.8. The van der Waals surface area contributed by atoms with E-state index in [0.717, 1.165) is 35.7 Å². The van der Waals surface area contributed by atoms with Gasteiger partial charge in [-0.05, 0) is 61.6 Å². The van der Waals surface area contributed by atoms with E-state index in [9.17, 15) is 17.2 Å². The van der Waals surface area contributed by atoms with E-state index in [1.54, 1.807) is 23.8 Å². The van der Waals surface area contributed by atoms with Gasteiger partial charge in [-0.15, -0.1) is 5.10 Å². The number of methoxy groups -OCH3 is 1. The number of nitrogens with zero attached hydrogens (tertiary/aromatic N) is 5. The number of aryl methyl sites for hydroxylation is 2. The molecule has 10 nitrogen and oxygen atoms in total. The number of hydrogen-bond donors (Lipinski definition) is 1. The number of fused-ring (bicyclic) bond motifs is 3. The lowest BCUT2D eigenvalue weighted by Crippen LogP contribution is -2.52. The minimum absolute atomic E-state index is 0.0878. The predicted molar refractivity (Wildman–Crippen MR) is 169 cm³/mol. The topological polar surface area (TPSA) is 121 Å². The van der Waals surface area contributed by atoms with Crippen LogP contribution in [0.15, 0.2) is 54.7 Å². The SMILES string of the molecule is COc1cccc2c1nc(NCc1ccc(C)c(C)c1)n1nc(C3CC(c4ccc(C5(OS(C)(=O)=O)CC(F)(F)C5)cn4)C3)nc21. The normalized spacial score (nSPS) is 20.3. The summed E-state index contributed by atoms with van der Waals surface area (Å²) in [7, 11) is -2.33. The second-order valence-corrected chi connectivity index (χ2v) is 14.2. The van der Waals surface area contributed by atoms with E-state index in [1.807, 2.05) is 18.2 Å². The number of pyridine rings is 1. The number of alkyl halides is 2. The second-order valence-electron chi connectivity index (χ2n) is 12.6. The third-order valence-electron chi connectivity index (χ3n) is 9.16. The number of ether oxygens (including phenoxy) is 1. The fourth-order valence-corrected chi connectivity index (χ4v) is 7.33. The average molecular weight is 649 g/mol. The van der Waals surface area contributed by atoms with Crippen molar-refractivity contribution in [3.05, 3.63) is 88.5 Å². The quantitative estimate of drug-likeness (QED) is 0.187. The minimum atomic E-state index is -3.95. The zero-order chi connectivity index (χ0) is 32.4. The Balaban J connectivity index is 1.13. The lowest BCUT2D eigenvalue weighted by molar-refractivity contribution is -0.195. The number of anilines is 1. The molecule has 0 amide bonds. The molecule has 0 atom stereocenters. The molecule has 2 fully saturated rings. The lowest BCUT2D eigenvalue weighted by Gasteiger charge is -2.45. The van der Waals surface area contributed by atoms with Crippen LogP contribution in [-0.2, 0) is 26.4 Å². The first-order valence-electron chi connectivity index (χ1n) is 15.1. The van der Waals surface area contributed by atoms with Crippen LogP contribution in [0.5, 0.6) is 5.75 Å². The third-order valence-corrected chi connectivity index (χ3v) is 9.78. The Morgan fingerprint density at radius 1 is 1.02 bits per heavy atom. The summed E-state index contributed by atoms with van der Waals surface area (Å²) < 4.78 is 63.8. The van der Waals surface area contributed by atoms with Crippen molar-refractivity contribution in [1.82, 2.24) is 24.6 Å². The Morgan fingerprint density at radius 2 is 1.80 bits per heavy atom. The van der Waals surface area contributed by atoms with Crippen molar-refractivity contribution < 1.29 is 26.1 Å². The van der Waals surface area contributed by atoms with Gasteiger partial charge in [0.2, 0.25) is 5.95 Å². The summed E-state index contributed by atoms with van der Waals surface area (Å²) in [4.78, 5) is 14.4. The Kier molecular flexibility index (Phi) is 7.24. The Bertz CT molecular complexity index is 2070. The van der Waals surface area contributed by atoms with Crippen molar-refractivity contribution in [3.8, 4) is 5.75 Å². The summed E-state index contributed by atoms with van der Waals surface area (Å²) in [5.41, 5.74) is 4.50. The summed E-state index contributed by atoms with van der Waals surface area (Å²) in [6.45, 7) is 4.74. The highest BCUT2D eigenvalue weighted by atomic mass is 32.2. The molecule has 13 heteroatoms. The molecule has 0 radical (unpaired) electrons. The highest BCUT2D eigenvalue weighted by Crippen LogP contribution is 2.55. The molecule has 2 aliphatic rings. The van der Waals surface area contributed by atoms with Gasteiger partial charge in [0.1, 0.15) is 16.9 Å². The largest absolute Gasteiger partial charge is 0.494 e. The first-order chi connectivity index (χ1) is 21.8. The van der Waals surface area contributed by atoms with E-state index in [0.29, 0.717) is 40.8 Å². The molecule has 1 N–H and O–H groups in total. The second kappa shape index (κ2) is 10.9. The van der Waals surface area contributed by atoms with E-state index < -0.39 is 34.5 Å². The molecule has 0 spiro atoms. The Morgan fingerprint density at radius 3 is 2.46 bits per heavy atom. The van der Waals surface area contributed by atoms with E-state index in [1.165, 1.54) is 17.3 Å². The molecule has 7 rings (SSSR count). The monoisotopic (exact) mass is 648 g/mol. The Labute approximate surface area is 265 Å². The fraction of sp³-hybridized carbons (Fsp3) is 0.394. The van der Waals surface area contributed by atoms with E-state index in [-0.39, 0.29) is 11.8 Å². The lowest BCUT2D eigenvalue weighted by atomic mass is 9.71. The number of para-hydroxylation sites is 1. The van der Waals surface area contributed by atoms with Gasteiger partial charge in [-0.3, -0.25) is 9.17 Å². The predicted octanol–water partition coefficient (Wildman–Crippen LogP) is 6.17. The molecule has 2 aromatic carbocycles. The molecule has 2 aliphatic carbocycles. The Hall–Kier alpha value is -4.23. The number of halogens is 2. The van der Waals surface area contributed by atoms with E-state index >= 15 is 0 Å². The van der Waals surface area contributed by atoms with E-state index in [4.69, 9.17) is 24.0 Å². The highest BCUT2D eigenvalue weighted by molar-refractivity contribution is 7.86. The molecular formula is C33H34F2N6O4S. The summed E-state index contributed by atoms with van der Waals surface area (Å²) in [6, 6.07) is 15.5. The molecule has 0 unspecified atom stereocenters. The van der Waals surface area contributed by atoms with Gasteiger partial charge in [-0.25, -0.2) is 18.7 Å². The van der Waals surface area contributed by atoms with Crippen molar-refractivity contribution in [2.24, 2.45) is 0 Å². The van der Waals surface area contributed by atoms with Gasteiger partial charge in [0.25, 0.3) is 16.0 Å². The van der Waals surface area contributed by atoms with Crippen LogP contribution in [0.1, 0.15) is 71.3 Å². The number of benzene rings is 2. The van der Waals surface area contributed by atoms with Crippen LogP contribution < -0.4 is 10.1 Å². The van der Waals surface area contributed by atoms with Crippen molar-refractivity contribution in [2.45, 2.75) is 69.4 Å². The number of hydrogen-bond acceptors (Lipinski definition) is 9. The summed E-state index contributed by atoms with van der Waals surface area (Å²) in [5.74, 6) is -0.860. The first kappa shape index (κ1) is 30.4.